The number of carbonyl (C=O) groups is 3. The van der Waals surface area contributed by atoms with Crippen LogP contribution in [0.15, 0.2) is 0 Å². The molecule has 0 rings (SSSR count). The number of unbranched alkanes of at least 4 members (excludes halogenated alkanes) is 12. The van der Waals surface area contributed by atoms with Crippen LogP contribution in [0, 0.1) is 0 Å². The van der Waals surface area contributed by atoms with Crippen LogP contribution in [-0.2, 0) is 14.4 Å². The van der Waals surface area contributed by atoms with Gasteiger partial charge in [-0.1, -0.05) is 90.9 Å². The predicted octanol–water partition coefficient (Wildman–Crippen LogP) is 5.75. The summed E-state index contributed by atoms with van der Waals surface area (Å²) >= 11 is 0. The zero-order chi connectivity index (χ0) is 22.6. The molecule has 0 aromatic carbocycles. The third-order valence-corrected chi connectivity index (χ3v) is 7.27. The van der Waals surface area contributed by atoms with Gasteiger partial charge in [-0.15, -0.1) is 0 Å². The largest absolute Gasteiger partial charge is 0.480 e. The molecule has 0 amide bonds. The molecule has 0 radical (unpaired) electrons. The average molecular weight is 446 g/mol. The number of aliphatic hydroxyl groups excluding tert-OH is 1. The molecule has 0 saturated heterocycles. The van der Waals surface area contributed by atoms with E-state index in [2.05, 4.69) is 18.9 Å². The van der Waals surface area contributed by atoms with Crippen molar-refractivity contribution in [1.29, 1.82) is 0 Å². The first kappa shape index (κ1) is 29.2. The van der Waals surface area contributed by atoms with Gasteiger partial charge in [0.05, 0.1) is 6.61 Å². The Morgan fingerprint density at radius 3 is 1.40 bits per heavy atom. The number of aliphatic carboxylic acids is 1. The maximum absolute atomic E-state index is 12.7. The zero-order valence-electron chi connectivity index (χ0n) is 19.2. The van der Waals surface area contributed by atoms with Gasteiger partial charge in [0.2, 0.25) is 0 Å². The smallest absolute Gasteiger partial charge is 0.323 e. The summed E-state index contributed by atoms with van der Waals surface area (Å²) in [7, 11) is -1.89. The number of aliphatic hydroxyl groups is 1. The third kappa shape index (κ3) is 15.0. The number of carboxylic acid groups (broad SMARTS) is 1. The van der Waals surface area contributed by atoms with E-state index >= 15 is 0 Å². The third-order valence-electron chi connectivity index (χ3n) is 5.25. The van der Waals surface area contributed by atoms with Gasteiger partial charge in [-0.2, -0.15) is 0 Å². The molecule has 7 heteroatoms. The summed E-state index contributed by atoms with van der Waals surface area (Å²) in [5, 5.41) is 21.1. The molecular formula is C23H44NO5P. The monoisotopic (exact) mass is 445 g/mol. The van der Waals surface area contributed by atoms with Gasteiger partial charge in [-0.3, -0.25) is 19.5 Å². The Labute approximate surface area is 184 Å². The van der Waals surface area contributed by atoms with Gasteiger partial charge in [-0.25, -0.2) is 0 Å². The molecular weight excluding hydrogens is 401 g/mol. The number of nitrogens with one attached hydrogen (secondary N) is 1. The van der Waals surface area contributed by atoms with E-state index in [1.165, 1.54) is 38.5 Å². The van der Waals surface area contributed by atoms with Gasteiger partial charge < -0.3 is 10.2 Å². The van der Waals surface area contributed by atoms with Crippen LogP contribution in [0.1, 0.15) is 117 Å². The van der Waals surface area contributed by atoms with Gasteiger partial charge in [0.1, 0.15) is 14.1 Å². The molecule has 0 aliphatic heterocycles. The Morgan fingerprint density at radius 1 is 0.700 bits per heavy atom. The second kappa shape index (κ2) is 20.1. The van der Waals surface area contributed by atoms with Gasteiger partial charge in [0.25, 0.3) is 0 Å². The topological polar surface area (TPSA) is 104 Å². The predicted molar refractivity (Wildman–Crippen MR) is 124 cm³/mol. The number of hydrogen-bond acceptors (Lipinski definition) is 5. The second-order valence-corrected chi connectivity index (χ2v) is 9.99. The molecule has 0 fully saturated rings. The fraction of sp³-hybridized carbons (Fsp3) is 0.870. The molecule has 0 saturated carbocycles. The first-order valence-corrected chi connectivity index (χ1v) is 13.3. The van der Waals surface area contributed by atoms with E-state index in [0.29, 0.717) is 12.8 Å². The second-order valence-electron chi connectivity index (χ2n) is 8.07. The summed E-state index contributed by atoms with van der Waals surface area (Å²) in [4.78, 5) is 36.6. The van der Waals surface area contributed by atoms with Crippen molar-refractivity contribution < 1.29 is 24.6 Å². The van der Waals surface area contributed by atoms with Crippen LogP contribution in [0.25, 0.3) is 0 Å². The number of carboxylic acids is 1. The molecule has 0 aromatic rings. The molecule has 0 aromatic heterocycles. The highest BCUT2D eigenvalue weighted by atomic mass is 31.1. The standard InChI is InChI=1S/C23H44NO5P/c1-3-5-7-9-11-13-15-17-21(26)30(24-20(19-25)23(28)29)22(27)18-16-14-12-10-8-6-4-2/h20,24-25H,3-19H2,1-2H3,(H,28,29). The van der Waals surface area contributed by atoms with Gasteiger partial charge in [0.15, 0.2) is 11.0 Å². The van der Waals surface area contributed by atoms with E-state index in [1.54, 1.807) is 0 Å². The molecule has 30 heavy (non-hydrogen) atoms. The highest BCUT2D eigenvalue weighted by Crippen LogP contribution is 2.38. The zero-order valence-corrected chi connectivity index (χ0v) is 20.1. The van der Waals surface area contributed by atoms with E-state index in [0.717, 1.165) is 51.4 Å². The van der Waals surface area contributed by atoms with Gasteiger partial charge >= 0.3 is 5.97 Å². The lowest BCUT2D eigenvalue weighted by molar-refractivity contribution is -0.139. The van der Waals surface area contributed by atoms with Crippen molar-refractivity contribution in [2.24, 2.45) is 0 Å². The fourth-order valence-corrected chi connectivity index (χ4v) is 5.14. The lowest BCUT2D eigenvalue weighted by atomic mass is 10.1. The summed E-state index contributed by atoms with van der Waals surface area (Å²) in [5.74, 6) is -1.24. The minimum absolute atomic E-state index is 0.189. The van der Waals surface area contributed by atoms with Crippen molar-refractivity contribution in [2.45, 2.75) is 123 Å². The summed E-state index contributed by atoms with van der Waals surface area (Å²) < 4.78 is 0. The lowest BCUT2D eigenvalue weighted by Crippen LogP contribution is -2.39. The average Bonchev–Trinajstić information content (AvgIpc) is 2.72. The molecule has 3 N–H and O–H groups in total. The first-order chi connectivity index (χ1) is 14.5. The van der Waals surface area contributed by atoms with E-state index in [-0.39, 0.29) is 11.0 Å². The van der Waals surface area contributed by atoms with E-state index in [9.17, 15) is 24.6 Å². The summed E-state index contributed by atoms with van der Waals surface area (Å²) in [6.07, 6.45) is 15.8. The van der Waals surface area contributed by atoms with E-state index < -0.39 is 26.7 Å². The molecule has 6 nitrogen and oxygen atoms in total. The minimum atomic E-state index is -1.89. The number of rotatable bonds is 22. The van der Waals surface area contributed by atoms with Crippen molar-refractivity contribution in [3.8, 4) is 0 Å². The van der Waals surface area contributed by atoms with Gasteiger partial charge in [0, 0.05) is 12.8 Å². The van der Waals surface area contributed by atoms with Crippen molar-refractivity contribution in [1.82, 2.24) is 5.09 Å². The van der Waals surface area contributed by atoms with Crippen LogP contribution in [0.4, 0.5) is 0 Å². The van der Waals surface area contributed by atoms with Crippen molar-refractivity contribution >= 4 is 25.1 Å². The minimum Gasteiger partial charge on any atom is -0.480 e. The normalized spacial score (nSPS) is 12.3. The van der Waals surface area contributed by atoms with E-state index in [1.807, 2.05) is 0 Å². The molecule has 0 heterocycles. The lowest BCUT2D eigenvalue weighted by Gasteiger charge is -2.20. The molecule has 0 spiro atoms. The Hall–Kier alpha value is -0.840. The molecule has 1 unspecified atom stereocenters. The van der Waals surface area contributed by atoms with Crippen LogP contribution >= 0.6 is 8.07 Å². The van der Waals surface area contributed by atoms with Gasteiger partial charge in [-0.05, 0) is 12.8 Å². The number of hydrogen-bond donors (Lipinski definition) is 3. The van der Waals surface area contributed by atoms with Crippen molar-refractivity contribution in [2.75, 3.05) is 6.61 Å². The highest BCUT2D eigenvalue weighted by Gasteiger charge is 2.30. The molecule has 0 bridgehead atoms. The maximum atomic E-state index is 12.7. The van der Waals surface area contributed by atoms with Crippen LogP contribution in [0.3, 0.4) is 0 Å². The summed E-state index contributed by atoms with van der Waals surface area (Å²) in [6, 6.07) is -1.27. The Balaban J connectivity index is 4.49. The van der Waals surface area contributed by atoms with Crippen LogP contribution in [0.5, 0.6) is 0 Å². The Bertz CT molecular complexity index is 443. The van der Waals surface area contributed by atoms with Crippen molar-refractivity contribution in [3.05, 3.63) is 0 Å². The Kier molecular flexibility index (Phi) is 19.5. The van der Waals surface area contributed by atoms with E-state index in [4.69, 9.17) is 0 Å². The maximum Gasteiger partial charge on any atom is 0.323 e. The first-order valence-electron chi connectivity index (χ1n) is 11.9. The highest BCUT2D eigenvalue weighted by molar-refractivity contribution is 7.87. The van der Waals surface area contributed by atoms with Crippen LogP contribution < -0.4 is 5.09 Å². The molecule has 1 atom stereocenters. The molecule has 0 aliphatic rings. The Morgan fingerprint density at radius 2 is 1.07 bits per heavy atom. The molecule has 176 valence electrons. The quantitative estimate of drug-likeness (QED) is 0.145. The molecule has 0 aliphatic carbocycles. The summed E-state index contributed by atoms with van der Waals surface area (Å²) in [6.45, 7) is 3.71. The van der Waals surface area contributed by atoms with Crippen LogP contribution in [0.2, 0.25) is 0 Å². The SMILES string of the molecule is CCCCCCCCCC(=O)P(NC(CO)C(=O)O)C(=O)CCCCCCCCC. The van der Waals surface area contributed by atoms with Crippen molar-refractivity contribution in [3.63, 3.8) is 0 Å². The van der Waals surface area contributed by atoms with Crippen LogP contribution in [-0.4, -0.2) is 39.9 Å². The number of carbonyl (C=O) groups excluding carboxylic acids is 2. The summed E-state index contributed by atoms with van der Waals surface area (Å²) in [5.41, 5.74) is -0.377. The fourth-order valence-electron chi connectivity index (χ4n) is 3.30.